The van der Waals surface area contributed by atoms with Crippen LogP contribution in [0.4, 0.5) is 4.39 Å². The van der Waals surface area contributed by atoms with Crippen LogP contribution in [0.15, 0.2) is 22.7 Å². The van der Waals surface area contributed by atoms with Crippen molar-refractivity contribution in [3.8, 4) is 11.4 Å². The quantitative estimate of drug-likeness (QED) is 0.937. The Labute approximate surface area is 126 Å². The van der Waals surface area contributed by atoms with Crippen molar-refractivity contribution in [1.82, 2.24) is 10.1 Å². The molecule has 0 bridgehead atoms. The van der Waals surface area contributed by atoms with Gasteiger partial charge in [-0.1, -0.05) is 29.6 Å². The Morgan fingerprint density at radius 2 is 2.14 bits per heavy atom. The number of aromatic nitrogens is 2. The zero-order valence-electron chi connectivity index (χ0n) is 11.4. The van der Waals surface area contributed by atoms with E-state index in [4.69, 9.17) is 16.1 Å². The van der Waals surface area contributed by atoms with Crippen molar-refractivity contribution in [3.63, 3.8) is 0 Å². The highest BCUT2D eigenvalue weighted by atomic mass is 35.5. The number of halogens is 2. The minimum atomic E-state index is -0.485. The van der Waals surface area contributed by atoms with Gasteiger partial charge in [-0.15, -0.1) is 0 Å². The fourth-order valence-corrected chi connectivity index (χ4v) is 2.96. The molecule has 1 aliphatic rings. The first-order chi connectivity index (χ1) is 10.1. The maximum atomic E-state index is 13.1. The first-order valence-electron chi connectivity index (χ1n) is 7.09. The molecule has 0 spiro atoms. The lowest BCUT2D eigenvalue weighted by Gasteiger charge is -2.14. The van der Waals surface area contributed by atoms with E-state index >= 15 is 0 Å². The Morgan fingerprint density at radius 3 is 2.86 bits per heavy atom. The van der Waals surface area contributed by atoms with Crippen molar-refractivity contribution >= 4 is 11.6 Å². The fraction of sp³-hybridized carbons (Fsp3) is 0.467. The minimum absolute atomic E-state index is 0.0184. The summed E-state index contributed by atoms with van der Waals surface area (Å²) < 4.78 is 18.3. The second kappa shape index (κ2) is 6.12. The molecule has 2 aromatic rings. The molecule has 6 heteroatoms. The summed E-state index contributed by atoms with van der Waals surface area (Å²) in [6.07, 6.45) is 4.35. The second-order valence-corrected chi connectivity index (χ2v) is 5.86. The highest BCUT2D eigenvalue weighted by molar-refractivity contribution is 6.31. The van der Waals surface area contributed by atoms with E-state index in [-0.39, 0.29) is 5.02 Å². The molecule has 4 nitrogen and oxygen atoms in total. The molecule has 0 saturated heterocycles. The van der Waals surface area contributed by atoms with E-state index in [2.05, 4.69) is 10.1 Å². The van der Waals surface area contributed by atoms with Crippen molar-refractivity contribution in [3.05, 3.63) is 34.9 Å². The van der Waals surface area contributed by atoms with Crippen LogP contribution in [0, 0.1) is 11.7 Å². The number of aliphatic hydroxyl groups excluding tert-OH is 1. The molecule has 1 saturated carbocycles. The molecule has 3 rings (SSSR count). The van der Waals surface area contributed by atoms with Gasteiger partial charge in [0.05, 0.1) is 17.5 Å². The second-order valence-electron chi connectivity index (χ2n) is 5.46. The van der Waals surface area contributed by atoms with Gasteiger partial charge in [0.25, 0.3) is 0 Å². The number of nitrogens with zero attached hydrogens (tertiary/aromatic N) is 2. The highest BCUT2D eigenvalue weighted by Gasteiger charge is 2.25. The standard InChI is InChI=1S/C15H16ClFN2O2/c16-11-7-10(5-6-12(11)17)15-18-14(21-19-15)8-13(20)9-3-1-2-4-9/h5-7,9,13,20H,1-4,8H2. The van der Waals surface area contributed by atoms with Gasteiger partial charge in [0, 0.05) is 5.56 Å². The van der Waals surface area contributed by atoms with Gasteiger partial charge in [0.2, 0.25) is 11.7 Å². The van der Waals surface area contributed by atoms with Crippen LogP contribution in [-0.2, 0) is 6.42 Å². The van der Waals surface area contributed by atoms with E-state index in [0.29, 0.717) is 29.6 Å². The van der Waals surface area contributed by atoms with Gasteiger partial charge in [-0.3, -0.25) is 0 Å². The minimum Gasteiger partial charge on any atom is -0.392 e. The van der Waals surface area contributed by atoms with Crippen LogP contribution in [0.1, 0.15) is 31.6 Å². The normalized spacial score (nSPS) is 17.3. The SMILES string of the molecule is OC(Cc1nc(-c2ccc(F)c(Cl)c2)no1)C1CCCC1. The number of rotatable bonds is 4. The molecule has 1 aromatic carbocycles. The third kappa shape index (κ3) is 3.24. The molecule has 1 unspecified atom stereocenters. The van der Waals surface area contributed by atoms with Crippen LogP contribution in [-0.4, -0.2) is 21.4 Å². The summed E-state index contributed by atoms with van der Waals surface area (Å²) in [5.74, 6) is 0.580. The zero-order valence-corrected chi connectivity index (χ0v) is 12.2. The maximum Gasteiger partial charge on any atom is 0.229 e. The Hall–Kier alpha value is -1.46. The first-order valence-corrected chi connectivity index (χ1v) is 7.47. The van der Waals surface area contributed by atoms with Crippen molar-refractivity contribution in [1.29, 1.82) is 0 Å². The largest absolute Gasteiger partial charge is 0.392 e. The van der Waals surface area contributed by atoms with E-state index in [0.717, 1.165) is 12.8 Å². The molecule has 1 fully saturated rings. The van der Waals surface area contributed by atoms with Crippen molar-refractivity contribution in [2.45, 2.75) is 38.2 Å². The van der Waals surface area contributed by atoms with Crippen molar-refractivity contribution in [2.75, 3.05) is 0 Å². The van der Waals surface area contributed by atoms with Crippen LogP contribution < -0.4 is 0 Å². The summed E-state index contributed by atoms with van der Waals surface area (Å²) in [5, 5.41) is 14.0. The molecule has 21 heavy (non-hydrogen) atoms. The molecular formula is C15H16ClFN2O2. The molecule has 0 aliphatic heterocycles. The summed E-state index contributed by atoms with van der Waals surface area (Å²) in [4.78, 5) is 4.24. The third-order valence-corrected chi connectivity index (χ3v) is 4.26. The lowest BCUT2D eigenvalue weighted by Crippen LogP contribution is -2.20. The van der Waals surface area contributed by atoms with Crippen LogP contribution in [0.5, 0.6) is 0 Å². The molecule has 112 valence electrons. The average Bonchev–Trinajstić information content (AvgIpc) is 3.12. The van der Waals surface area contributed by atoms with Gasteiger partial charge in [-0.2, -0.15) is 4.98 Å². The number of benzene rings is 1. The van der Waals surface area contributed by atoms with Crippen LogP contribution >= 0.6 is 11.6 Å². The smallest absolute Gasteiger partial charge is 0.229 e. The van der Waals surface area contributed by atoms with Gasteiger partial charge in [-0.25, -0.2) is 4.39 Å². The molecule has 1 aromatic heterocycles. The summed E-state index contributed by atoms with van der Waals surface area (Å²) >= 11 is 5.74. The predicted octanol–water partition coefficient (Wildman–Crippen LogP) is 3.62. The van der Waals surface area contributed by atoms with Crippen LogP contribution in [0.2, 0.25) is 5.02 Å². The summed E-state index contributed by atoms with van der Waals surface area (Å²) in [6.45, 7) is 0. The van der Waals surface area contributed by atoms with Gasteiger partial charge in [0.1, 0.15) is 5.82 Å². The van der Waals surface area contributed by atoms with Gasteiger partial charge in [0.15, 0.2) is 0 Å². The molecule has 1 N–H and O–H groups in total. The monoisotopic (exact) mass is 310 g/mol. The van der Waals surface area contributed by atoms with Gasteiger partial charge < -0.3 is 9.63 Å². The van der Waals surface area contributed by atoms with E-state index in [1.807, 2.05) is 0 Å². The average molecular weight is 311 g/mol. The van der Waals surface area contributed by atoms with Gasteiger partial charge in [-0.05, 0) is 37.0 Å². The van der Waals surface area contributed by atoms with Crippen LogP contribution in [0.25, 0.3) is 11.4 Å². The summed E-state index contributed by atoms with van der Waals surface area (Å²) in [7, 11) is 0. The maximum absolute atomic E-state index is 13.1. The van der Waals surface area contributed by atoms with Crippen molar-refractivity contribution in [2.24, 2.45) is 5.92 Å². The third-order valence-electron chi connectivity index (χ3n) is 3.97. The molecule has 1 aliphatic carbocycles. The Balaban J connectivity index is 1.72. The summed E-state index contributed by atoms with van der Waals surface area (Å²) in [5.41, 5.74) is 0.590. The number of aliphatic hydroxyl groups is 1. The Bertz CT molecular complexity index is 626. The van der Waals surface area contributed by atoms with E-state index in [9.17, 15) is 9.50 Å². The molecule has 0 radical (unpaired) electrons. The Morgan fingerprint density at radius 1 is 1.38 bits per heavy atom. The molecular weight excluding hydrogens is 295 g/mol. The van der Waals surface area contributed by atoms with Crippen molar-refractivity contribution < 1.29 is 14.0 Å². The van der Waals surface area contributed by atoms with Crippen LogP contribution in [0.3, 0.4) is 0 Å². The number of hydrogen-bond donors (Lipinski definition) is 1. The molecule has 1 heterocycles. The molecule has 0 amide bonds. The number of hydrogen-bond acceptors (Lipinski definition) is 4. The topological polar surface area (TPSA) is 59.2 Å². The van der Waals surface area contributed by atoms with E-state index in [1.165, 1.54) is 25.0 Å². The lowest BCUT2D eigenvalue weighted by molar-refractivity contribution is 0.102. The zero-order chi connectivity index (χ0) is 14.8. The summed E-state index contributed by atoms with van der Waals surface area (Å²) in [6, 6.07) is 4.27. The lowest BCUT2D eigenvalue weighted by atomic mass is 9.98. The molecule has 1 atom stereocenters. The fourth-order valence-electron chi connectivity index (χ4n) is 2.78. The van der Waals surface area contributed by atoms with E-state index in [1.54, 1.807) is 6.07 Å². The Kier molecular flexibility index (Phi) is 4.22. The first kappa shape index (κ1) is 14.5. The highest BCUT2D eigenvalue weighted by Crippen LogP contribution is 2.29. The van der Waals surface area contributed by atoms with E-state index < -0.39 is 11.9 Å². The van der Waals surface area contributed by atoms with Gasteiger partial charge >= 0.3 is 0 Å². The predicted molar refractivity (Wildman–Crippen MR) is 76.4 cm³/mol.